The highest BCUT2D eigenvalue weighted by atomic mass is 32.2. The van der Waals surface area contributed by atoms with Crippen LogP contribution in [0.2, 0.25) is 0 Å². The molecular formula is C18H18FN3O5S. The average Bonchev–Trinajstić information content (AvgIpc) is 3.01. The minimum atomic E-state index is -3.77. The molecule has 3 aromatic rings. The second-order valence-corrected chi connectivity index (χ2v) is 9.82. The number of nitro benzene ring substituents is 1. The molecule has 2 aromatic heterocycles. The molecule has 3 rings (SSSR count). The number of hydrogen-bond acceptors (Lipinski definition) is 6. The van der Waals surface area contributed by atoms with Gasteiger partial charge in [0.2, 0.25) is 0 Å². The molecule has 0 saturated carbocycles. The summed E-state index contributed by atoms with van der Waals surface area (Å²) in [6, 6.07) is 4.59. The van der Waals surface area contributed by atoms with E-state index in [1.807, 2.05) is 0 Å². The molecule has 0 fully saturated rings. The number of halogens is 1. The fourth-order valence-corrected chi connectivity index (χ4v) is 4.03. The number of sulfone groups is 1. The van der Waals surface area contributed by atoms with Gasteiger partial charge in [0, 0.05) is 23.9 Å². The Bertz CT molecular complexity index is 1200. The van der Waals surface area contributed by atoms with Crippen molar-refractivity contribution < 1.29 is 22.5 Å². The lowest BCUT2D eigenvalue weighted by Gasteiger charge is -2.21. The molecule has 2 heterocycles. The minimum Gasteiger partial charge on any atom is -0.495 e. The quantitative estimate of drug-likeness (QED) is 0.483. The monoisotopic (exact) mass is 407 g/mol. The predicted molar refractivity (Wildman–Crippen MR) is 101 cm³/mol. The van der Waals surface area contributed by atoms with Crippen molar-refractivity contribution in [2.24, 2.45) is 0 Å². The van der Waals surface area contributed by atoms with Crippen LogP contribution in [0.5, 0.6) is 5.75 Å². The Labute approximate surface area is 160 Å². The van der Waals surface area contributed by atoms with Crippen molar-refractivity contribution in [3.63, 3.8) is 0 Å². The van der Waals surface area contributed by atoms with Gasteiger partial charge in [-0.2, -0.15) is 0 Å². The lowest BCUT2D eigenvalue weighted by atomic mass is 10.1. The van der Waals surface area contributed by atoms with E-state index in [0.717, 1.165) is 12.1 Å². The van der Waals surface area contributed by atoms with E-state index in [9.17, 15) is 22.9 Å². The van der Waals surface area contributed by atoms with Gasteiger partial charge in [-0.05, 0) is 26.8 Å². The maximum absolute atomic E-state index is 13.9. The van der Waals surface area contributed by atoms with Crippen molar-refractivity contribution >= 4 is 21.2 Å². The van der Waals surface area contributed by atoms with Gasteiger partial charge >= 0.3 is 0 Å². The number of imidazole rings is 1. The summed E-state index contributed by atoms with van der Waals surface area (Å²) >= 11 is 0. The molecule has 0 amide bonds. The molecule has 148 valence electrons. The molecule has 0 aliphatic rings. The number of aromatic nitrogens is 2. The molecule has 8 nitrogen and oxygen atoms in total. The Morgan fingerprint density at radius 1 is 1.21 bits per heavy atom. The van der Waals surface area contributed by atoms with Gasteiger partial charge in [-0.25, -0.2) is 17.8 Å². The molecule has 0 spiro atoms. The first-order chi connectivity index (χ1) is 13.0. The van der Waals surface area contributed by atoms with Crippen LogP contribution >= 0.6 is 0 Å². The van der Waals surface area contributed by atoms with Crippen molar-refractivity contribution in [3.05, 3.63) is 52.6 Å². The number of pyridine rings is 1. The van der Waals surface area contributed by atoms with E-state index < -0.39 is 31.0 Å². The maximum atomic E-state index is 13.9. The number of nitrogens with zero attached hydrogens (tertiary/aromatic N) is 3. The summed E-state index contributed by atoms with van der Waals surface area (Å²) in [6.07, 6.45) is 2.73. The molecule has 1 aromatic carbocycles. The number of nitro groups is 1. The zero-order chi connectivity index (χ0) is 20.9. The number of rotatable bonds is 4. The van der Waals surface area contributed by atoms with Crippen molar-refractivity contribution in [2.45, 2.75) is 30.4 Å². The third-order valence-corrected chi connectivity index (χ3v) is 6.78. The van der Waals surface area contributed by atoms with Gasteiger partial charge in [0.25, 0.3) is 5.69 Å². The number of methoxy groups -OCH3 is 1. The Morgan fingerprint density at radius 3 is 2.46 bits per heavy atom. The lowest BCUT2D eigenvalue weighted by Crippen LogP contribution is -2.28. The normalized spacial score (nSPS) is 12.3. The maximum Gasteiger partial charge on any atom is 0.273 e. The molecule has 10 heteroatoms. The van der Waals surface area contributed by atoms with Crippen molar-refractivity contribution in [2.75, 3.05) is 7.11 Å². The van der Waals surface area contributed by atoms with Crippen molar-refractivity contribution in [3.8, 4) is 17.0 Å². The highest BCUT2D eigenvalue weighted by Gasteiger charge is 2.34. The van der Waals surface area contributed by atoms with E-state index >= 15 is 0 Å². The van der Waals surface area contributed by atoms with Crippen LogP contribution in [0.15, 0.2) is 41.6 Å². The lowest BCUT2D eigenvalue weighted by molar-refractivity contribution is -0.385. The summed E-state index contributed by atoms with van der Waals surface area (Å²) < 4.78 is 45.4. The number of fused-ring (bicyclic) bond motifs is 1. The van der Waals surface area contributed by atoms with Crippen LogP contribution < -0.4 is 4.74 Å². The molecule has 28 heavy (non-hydrogen) atoms. The topological polar surface area (TPSA) is 104 Å². The molecule has 0 atom stereocenters. The smallest absolute Gasteiger partial charge is 0.273 e. The Balaban J connectivity index is 2.32. The van der Waals surface area contributed by atoms with E-state index in [4.69, 9.17) is 4.74 Å². The summed E-state index contributed by atoms with van der Waals surface area (Å²) in [5.41, 5.74) is 0.446. The van der Waals surface area contributed by atoms with Crippen LogP contribution in [0.25, 0.3) is 16.9 Å². The third-order valence-electron chi connectivity index (χ3n) is 4.28. The molecular weight excluding hydrogens is 389 g/mol. The van der Waals surface area contributed by atoms with Crippen LogP contribution in [0.3, 0.4) is 0 Å². The SMILES string of the molecule is COc1cc2ncc(-c3cc(F)cc([N+](=O)[O-])c3)n2cc1S(=O)(=O)C(C)(C)C. The first-order valence-electron chi connectivity index (χ1n) is 8.21. The van der Waals surface area contributed by atoms with Gasteiger partial charge in [0.1, 0.15) is 22.1 Å². The first kappa shape index (κ1) is 19.7. The second-order valence-electron chi connectivity index (χ2n) is 7.15. The van der Waals surface area contributed by atoms with Crippen LogP contribution in [0.1, 0.15) is 20.8 Å². The van der Waals surface area contributed by atoms with Crippen molar-refractivity contribution in [1.82, 2.24) is 9.38 Å². The molecule has 0 N–H and O–H groups in total. The molecule has 0 aliphatic carbocycles. The summed E-state index contributed by atoms with van der Waals surface area (Å²) in [7, 11) is -2.42. The Hall–Kier alpha value is -3.01. The van der Waals surface area contributed by atoms with Crippen LogP contribution in [0, 0.1) is 15.9 Å². The van der Waals surface area contributed by atoms with Gasteiger partial charge < -0.3 is 4.74 Å². The first-order valence-corrected chi connectivity index (χ1v) is 9.69. The molecule has 0 aliphatic heterocycles. The highest BCUT2D eigenvalue weighted by Crippen LogP contribution is 2.35. The Morgan fingerprint density at radius 2 is 1.89 bits per heavy atom. The minimum absolute atomic E-state index is 0.0554. The van der Waals surface area contributed by atoms with Gasteiger partial charge in [-0.3, -0.25) is 14.5 Å². The number of hydrogen-bond donors (Lipinski definition) is 0. The number of ether oxygens (including phenoxy) is 1. The van der Waals surface area contributed by atoms with Gasteiger partial charge in [-0.15, -0.1) is 0 Å². The van der Waals surface area contributed by atoms with E-state index in [1.165, 1.54) is 36.0 Å². The fraction of sp³-hybridized carbons (Fsp3) is 0.278. The van der Waals surface area contributed by atoms with Crippen molar-refractivity contribution in [1.29, 1.82) is 0 Å². The van der Waals surface area contributed by atoms with E-state index in [0.29, 0.717) is 11.3 Å². The van der Waals surface area contributed by atoms with Gasteiger partial charge in [0.15, 0.2) is 9.84 Å². The summed E-state index contributed by atoms with van der Waals surface area (Å²) in [5.74, 6) is -0.653. The fourth-order valence-electron chi connectivity index (χ4n) is 2.72. The van der Waals surface area contributed by atoms with Gasteiger partial charge in [0.05, 0.1) is 34.7 Å². The predicted octanol–water partition coefficient (Wildman–Crippen LogP) is 3.63. The average molecular weight is 407 g/mol. The molecule has 0 radical (unpaired) electrons. The van der Waals surface area contributed by atoms with E-state index in [-0.39, 0.29) is 16.2 Å². The standard InChI is InChI=1S/C18H18FN3O5S/c1-18(2,3)28(25,26)16-10-21-14(9-20-17(21)8-15(16)27-4)11-5-12(19)7-13(6-11)22(23)24/h5-10H,1-4H3. The second kappa shape index (κ2) is 6.55. The van der Waals surface area contributed by atoms with Crippen LogP contribution in [0.4, 0.5) is 10.1 Å². The van der Waals surface area contributed by atoms with Crippen LogP contribution in [-0.2, 0) is 9.84 Å². The Kier molecular flexibility index (Phi) is 4.62. The summed E-state index contributed by atoms with van der Waals surface area (Å²) in [5, 5.41) is 11.0. The largest absolute Gasteiger partial charge is 0.495 e. The molecule has 0 unspecified atom stereocenters. The van der Waals surface area contributed by atoms with Crippen LogP contribution in [-0.4, -0.2) is 34.6 Å². The van der Waals surface area contributed by atoms with E-state index in [1.54, 1.807) is 20.8 Å². The summed E-state index contributed by atoms with van der Waals surface area (Å²) in [6.45, 7) is 4.70. The molecule has 0 bridgehead atoms. The molecule has 0 saturated heterocycles. The zero-order valence-corrected chi connectivity index (χ0v) is 16.4. The number of benzene rings is 1. The highest BCUT2D eigenvalue weighted by molar-refractivity contribution is 7.92. The van der Waals surface area contributed by atoms with Gasteiger partial charge in [-0.1, -0.05) is 0 Å². The summed E-state index contributed by atoms with van der Waals surface area (Å²) in [4.78, 5) is 14.5. The number of non-ortho nitro benzene ring substituents is 1. The third kappa shape index (κ3) is 3.19. The zero-order valence-electron chi connectivity index (χ0n) is 15.6. The van der Waals surface area contributed by atoms with E-state index in [2.05, 4.69) is 4.98 Å².